The highest BCUT2D eigenvalue weighted by atomic mass is 35.5. The van der Waals surface area contributed by atoms with Crippen LogP contribution < -0.4 is 5.32 Å². The van der Waals surface area contributed by atoms with E-state index in [-0.39, 0.29) is 0 Å². The number of thiophene rings is 1. The molecule has 0 radical (unpaired) electrons. The number of halogens is 1. The van der Waals surface area contributed by atoms with Gasteiger partial charge in [0.15, 0.2) is 0 Å². The van der Waals surface area contributed by atoms with Crippen molar-refractivity contribution >= 4 is 28.8 Å². The molecular weight excluding hydrogens is 228 g/mol. The van der Waals surface area contributed by atoms with Crippen LogP contribution in [0.2, 0.25) is 4.34 Å². The van der Waals surface area contributed by atoms with Crippen molar-refractivity contribution in [1.29, 1.82) is 0 Å². The van der Waals surface area contributed by atoms with E-state index in [2.05, 4.69) is 16.4 Å². The van der Waals surface area contributed by atoms with E-state index in [1.54, 1.807) is 11.3 Å². The van der Waals surface area contributed by atoms with Crippen molar-refractivity contribution < 1.29 is 0 Å². The van der Waals surface area contributed by atoms with Gasteiger partial charge < -0.3 is 5.32 Å². The Morgan fingerprint density at radius 1 is 1.33 bits per heavy atom. The van der Waals surface area contributed by atoms with E-state index in [1.807, 2.05) is 6.07 Å². The number of aliphatic imine (C=N–C) groups is 1. The topological polar surface area (TPSA) is 24.4 Å². The Labute approximate surface area is 99.4 Å². The minimum absolute atomic E-state index is 0.856. The van der Waals surface area contributed by atoms with Gasteiger partial charge in [-0.25, -0.2) is 0 Å². The molecule has 4 heteroatoms. The Balaban J connectivity index is 1.84. The van der Waals surface area contributed by atoms with Crippen LogP contribution in [0, 0.1) is 0 Å². The van der Waals surface area contributed by atoms with E-state index in [0.29, 0.717) is 0 Å². The quantitative estimate of drug-likeness (QED) is 0.844. The summed E-state index contributed by atoms with van der Waals surface area (Å²) >= 11 is 7.50. The van der Waals surface area contributed by atoms with Gasteiger partial charge in [0.1, 0.15) is 0 Å². The summed E-state index contributed by atoms with van der Waals surface area (Å²) in [5.74, 6) is 1.16. The van der Waals surface area contributed by atoms with Gasteiger partial charge in [0.05, 0.1) is 16.7 Å². The van der Waals surface area contributed by atoms with Crippen LogP contribution in [0.4, 0.5) is 0 Å². The van der Waals surface area contributed by atoms with Crippen LogP contribution in [-0.4, -0.2) is 12.4 Å². The van der Waals surface area contributed by atoms with E-state index in [9.17, 15) is 0 Å². The zero-order chi connectivity index (χ0) is 10.5. The Morgan fingerprint density at radius 2 is 2.27 bits per heavy atom. The molecule has 0 saturated heterocycles. The third-order valence-electron chi connectivity index (χ3n) is 2.47. The van der Waals surface area contributed by atoms with Gasteiger partial charge in [0.2, 0.25) is 0 Å². The molecule has 15 heavy (non-hydrogen) atoms. The number of amidine groups is 1. The Bertz CT molecular complexity index is 346. The van der Waals surface area contributed by atoms with Crippen molar-refractivity contribution in [3.05, 3.63) is 21.3 Å². The fourth-order valence-electron chi connectivity index (χ4n) is 1.65. The molecule has 1 aliphatic heterocycles. The van der Waals surface area contributed by atoms with E-state index >= 15 is 0 Å². The summed E-state index contributed by atoms with van der Waals surface area (Å²) in [7, 11) is 0. The summed E-state index contributed by atoms with van der Waals surface area (Å²) in [5.41, 5.74) is 0. The molecule has 1 aromatic heterocycles. The minimum Gasteiger partial charge on any atom is -0.369 e. The molecule has 2 heterocycles. The largest absolute Gasteiger partial charge is 0.369 e. The molecule has 0 saturated carbocycles. The van der Waals surface area contributed by atoms with Crippen LogP contribution in [0.1, 0.15) is 30.6 Å². The molecule has 82 valence electrons. The van der Waals surface area contributed by atoms with Gasteiger partial charge in [-0.15, -0.1) is 11.3 Å². The van der Waals surface area contributed by atoms with Crippen molar-refractivity contribution in [1.82, 2.24) is 5.32 Å². The van der Waals surface area contributed by atoms with Crippen molar-refractivity contribution in [2.24, 2.45) is 4.99 Å². The molecule has 0 fully saturated rings. The zero-order valence-electron chi connectivity index (χ0n) is 8.63. The average molecular weight is 243 g/mol. The summed E-state index contributed by atoms with van der Waals surface area (Å²) in [6, 6.07) is 4.01. The third kappa shape index (κ3) is 3.50. The number of rotatable bonds is 2. The molecule has 1 aromatic rings. The van der Waals surface area contributed by atoms with Gasteiger partial charge in [0, 0.05) is 17.8 Å². The number of hydrogen-bond donors (Lipinski definition) is 1. The van der Waals surface area contributed by atoms with Crippen molar-refractivity contribution in [3.8, 4) is 0 Å². The van der Waals surface area contributed by atoms with Gasteiger partial charge in [-0.1, -0.05) is 18.0 Å². The van der Waals surface area contributed by atoms with E-state index in [0.717, 1.165) is 29.7 Å². The fourth-order valence-corrected chi connectivity index (χ4v) is 2.68. The first-order valence-corrected chi connectivity index (χ1v) is 6.55. The first-order valence-electron chi connectivity index (χ1n) is 5.36. The molecule has 1 N–H and O–H groups in total. The van der Waals surface area contributed by atoms with Crippen LogP contribution in [-0.2, 0) is 6.54 Å². The molecule has 0 amide bonds. The van der Waals surface area contributed by atoms with Crippen LogP contribution in [0.25, 0.3) is 0 Å². The Kier molecular flexibility index (Phi) is 4.03. The molecule has 2 nitrogen and oxygen atoms in total. The van der Waals surface area contributed by atoms with Crippen LogP contribution in [0.5, 0.6) is 0 Å². The SMILES string of the molecule is Clc1ccc(CNC2=NCCCCC2)s1. The number of nitrogens with one attached hydrogen (secondary N) is 1. The maximum absolute atomic E-state index is 5.87. The van der Waals surface area contributed by atoms with E-state index in [1.165, 1.54) is 24.1 Å². The molecule has 0 aromatic carbocycles. The maximum atomic E-state index is 5.87. The maximum Gasteiger partial charge on any atom is 0.0965 e. The average Bonchev–Trinajstić information content (AvgIpc) is 2.52. The number of nitrogens with zero attached hydrogens (tertiary/aromatic N) is 1. The first-order chi connectivity index (χ1) is 7.34. The molecule has 0 unspecified atom stereocenters. The summed E-state index contributed by atoms with van der Waals surface area (Å²) in [6.07, 6.45) is 4.89. The van der Waals surface area contributed by atoms with Gasteiger partial charge in [0.25, 0.3) is 0 Å². The Morgan fingerprint density at radius 3 is 3.07 bits per heavy atom. The van der Waals surface area contributed by atoms with Crippen LogP contribution >= 0.6 is 22.9 Å². The van der Waals surface area contributed by atoms with Gasteiger partial charge in [-0.3, -0.25) is 4.99 Å². The normalized spacial score (nSPS) is 17.0. The summed E-state index contributed by atoms with van der Waals surface area (Å²) in [6.45, 7) is 1.84. The predicted molar refractivity (Wildman–Crippen MR) is 66.9 cm³/mol. The van der Waals surface area contributed by atoms with Gasteiger partial charge in [-0.2, -0.15) is 0 Å². The highest BCUT2D eigenvalue weighted by molar-refractivity contribution is 7.16. The molecule has 2 rings (SSSR count). The van der Waals surface area contributed by atoms with Gasteiger partial charge >= 0.3 is 0 Å². The predicted octanol–water partition coefficient (Wildman–Crippen LogP) is 3.46. The molecule has 0 bridgehead atoms. The lowest BCUT2D eigenvalue weighted by atomic mass is 10.2. The second kappa shape index (κ2) is 5.52. The molecular formula is C11H15ClN2S. The second-order valence-corrected chi connectivity index (χ2v) is 5.50. The number of hydrogen-bond acceptors (Lipinski definition) is 3. The standard InChI is InChI=1S/C11H15ClN2S/c12-10-6-5-9(15-10)8-14-11-4-2-1-3-7-13-11/h5-6H,1-4,7-8H2,(H,13,14). The van der Waals surface area contributed by atoms with E-state index < -0.39 is 0 Å². The van der Waals surface area contributed by atoms with Crippen LogP contribution in [0.15, 0.2) is 17.1 Å². The van der Waals surface area contributed by atoms with Crippen molar-refractivity contribution in [2.75, 3.05) is 6.54 Å². The monoisotopic (exact) mass is 242 g/mol. The summed E-state index contributed by atoms with van der Waals surface area (Å²) < 4.78 is 0.856. The molecule has 1 aliphatic rings. The lowest BCUT2D eigenvalue weighted by Gasteiger charge is -2.06. The van der Waals surface area contributed by atoms with E-state index in [4.69, 9.17) is 11.6 Å². The lowest BCUT2D eigenvalue weighted by molar-refractivity contribution is 0.728. The van der Waals surface area contributed by atoms with Gasteiger partial charge in [-0.05, 0) is 25.0 Å². The smallest absolute Gasteiger partial charge is 0.0965 e. The third-order valence-corrected chi connectivity index (χ3v) is 3.70. The molecule has 0 aliphatic carbocycles. The summed E-state index contributed by atoms with van der Waals surface area (Å²) in [4.78, 5) is 5.79. The summed E-state index contributed by atoms with van der Waals surface area (Å²) in [5, 5.41) is 3.39. The highest BCUT2D eigenvalue weighted by Crippen LogP contribution is 2.21. The fraction of sp³-hybridized carbons (Fsp3) is 0.545. The molecule has 0 spiro atoms. The lowest BCUT2D eigenvalue weighted by Crippen LogP contribution is -2.22. The zero-order valence-corrected chi connectivity index (χ0v) is 10.2. The first kappa shape index (κ1) is 11.0. The van der Waals surface area contributed by atoms with Crippen molar-refractivity contribution in [2.45, 2.75) is 32.2 Å². The van der Waals surface area contributed by atoms with Crippen LogP contribution in [0.3, 0.4) is 0 Å². The molecule has 0 atom stereocenters. The minimum atomic E-state index is 0.856. The Hall–Kier alpha value is -0.540. The van der Waals surface area contributed by atoms with Crippen molar-refractivity contribution in [3.63, 3.8) is 0 Å². The highest BCUT2D eigenvalue weighted by Gasteiger charge is 2.04. The second-order valence-electron chi connectivity index (χ2n) is 3.70.